The van der Waals surface area contributed by atoms with Gasteiger partial charge < -0.3 is 9.84 Å². The number of halogens is 2. The molecule has 2 rings (SSSR count). The Bertz CT molecular complexity index is 402. The molecule has 0 bridgehead atoms. The van der Waals surface area contributed by atoms with Crippen LogP contribution in [0.5, 0.6) is 0 Å². The van der Waals surface area contributed by atoms with E-state index in [9.17, 15) is 9.50 Å². The third kappa shape index (κ3) is 2.54. The molecular formula is C12H14ClFO2. The van der Waals surface area contributed by atoms with Crippen molar-refractivity contribution in [1.29, 1.82) is 0 Å². The van der Waals surface area contributed by atoms with Crippen molar-refractivity contribution in [2.75, 3.05) is 7.11 Å². The standard InChI is InChI=1S/C12H14ClFO2/c1-16-7-9-5-10(13)4-8(11(9)14)6-12(15)2-3-12/h4-5,15H,2-3,6-7H2,1H3. The van der Waals surface area contributed by atoms with Crippen molar-refractivity contribution in [3.63, 3.8) is 0 Å². The summed E-state index contributed by atoms with van der Waals surface area (Å²) in [6.45, 7) is 0.192. The van der Waals surface area contributed by atoms with Gasteiger partial charge in [-0.25, -0.2) is 4.39 Å². The van der Waals surface area contributed by atoms with Gasteiger partial charge in [0.25, 0.3) is 0 Å². The molecule has 0 heterocycles. The molecule has 4 heteroatoms. The number of hydrogen-bond donors (Lipinski definition) is 1. The smallest absolute Gasteiger partial charge is 0.132 e. The fourth-order valence-electron chi connectivity index (χ4n) is 1.77. The van der Waals surface area contributed by atoms with Crippen LogP contribution in [0.2, 0.25) is 5.02 Å². The maximum Gasteiger partial charge on any atom is 0.132 e. The molecule has 2 nitrogen and oxygen atoms in total. The lowest BCUT2D eigenvalue weighted by molar-refractivity contribution is 0.149. The van der Waals surface area contributed by atoms with E-state index in [1.807, 2.05) is 0 Å². The first-order valence-electron chi connectivity index (χ1n) is 5.22. The van der Waals surface area contributed by atoms with Gasteiger partial charge >= 0.3 is 0 Å². The van der Waals surface area contributed by atoms with E-state index in [-0.39, 0.29) is 12.4 Å². The van der Waals surface area contributed by atoms with Crippen molar-refractivity contribution in [3.05, 3.63) is 34.1 Å². The molecule has 0 aliphatic heterocycles. The van der Waals surface area contributed by atoms with Crippen LogP contribution in [-0.2, 0) is 17.8 Å². The predicted molar refractivity (Wildman–Crippen MR) is 60.0 cm³/mol. The molecule has 0 aromatic heterocycles. The highest BCUT2D eigenvalue weighted by molar-refractivity contribution is 6.30. The summed E-state index contributed by atoms with van der Waals surface area (Å²) in [5.74, 6) is -0.313. The number of ether oxygens (including phenoxy) is 1. The summed E-state index contributed by atoms with van der Waals surface area (Å²) in [7, 11) is 1.51. The topological polar surface area (TPSA) is 29.5 Å². The first-order valence-corrected chi connectivity index (χ1v) is 5.60. The normalized spacial score (nSPS) is 17.5. The maximum absolute atomic E-state index is 13.9. The maximum atomic E-state index is 13.9. The molecule has 1 saturated carbocycles. The van der Waals surface area contributed by atoms with Gasteiger partial charge in [-0.15, -0.1) is 0 Å². The minimum Gasteiger partial charge on any atom is -0.390 e. The van der Waals surface area contributed by atoms with Crippen LogP contribution in [0.4, 0.5) is 4.39 Å². The van der Waals surface area contributed by atoms with Gasteiger partial charge in [0.2, 0.25) is 0 Å². The second kappa shape index (κ2) is 4.32. The summed E-state index contributed by atoms with van der Waals surface area (Å²) >= 11 is 5.90. The van der Waals surface area contributed by atoms with Crippen molar-refractivity contribution in [3.8, 4) is 0 Å². The fourth-order valence-corrected chi connectivity index (χ4v) is 2.04. The molecule has 0 saturated heterocycles. The van der Waals surface area contributed by atoms with Crippen molar-refractivity contribution < 1.29 is 14.2 Å². The highest BCUT2D eigenvalue weighted by Gasteiger charge is 2.40. The third-order valence-electron chi connectivity index (χ3n) is 2.83. The van der Waals surface area contributed by atoms with Gasteiger partial charge in [-0.2, -0.15) is 0 Å². The van der Waals surface area contributed by atoms with Gasteiger partial charge in [-0.05, 0) is 30.5 Å². The molecule has 1 aliphatic rings. The molecule has 0 amide bonds. The highest BCUT2D eigenvalue weighted by Crippen LogP contribution is 2.39. The van der Waals surface area contributed by atoms with Crippen LogP contribution in [0.3, 0.4) is 0 Å². The van der Waals surface area contributed by atoms with Gasteiger partial charge in [-0.3, -0.25) is 0 Å². The lowest BCUT2D eigenvalue weighted by atomic mass is 10.0. The van der Waals surface area contributed by atoms with Crippen molar-refractivity contribution in [2.24, 2.45) is 0 Å². The van der Waals surface area contributed by atoms with E-state index < -0.39 is 5.60 Å². The Morgan fingerprint density at radius 2 is 2.06 bits per heavy atom. The van der Waals surface area contributed by atoms with Crippen LogP contribution >= 0.6 is 11.6 Å². The average Bonchev–Trinajstić information content (AvgIpc) is 2.92. The Kier molecular flexibility index (Phi) is 3.19. The number of methoxy groups -OCH3 is 1. The Balaban J connectivity index is 2.28. The number of hydrogen-bond acceptors (Lipinski definition) is 2. The van der Waals surface area contributed by atoms with Crippen molar-refractivity contribution in [2.45, 2.75) is 31.5 Å². The molecule has 0 atom stereocenters. The zero-order valence-electron chi connectivity index (χ0n) is 9.09. The Morgan fingerprint density at radius 1 is 1.44 bits per heavy atom. The van der Waals surface area contributed by atoms with Crippen LogP contribution in [0.25, 0.3) is 0 Å². The number of aliphatic hydroxyl groups is 1. The second-order valence-corrected chi connectivity index (χ2v) is 4.81. The Labute approximate surface area is 99.0 Å². The number of rotatable bonds is 4. The molecule has 1 fully saturated rings. The molecule has 0 unspecified atom stereocenters. The first kappa shape index (κ1) is 11.8. The summed E-state index contributed by atoms with van der Waals surface area (Å²) in [6, 6.07) is 3.13. The van der Waals surface area contributed by atoms with E-state index in [2.05, 4.69) is 0 Å². The van der Waals surface area contributed by atoms with Gasteiger partial charge in [0, 0.05) is 24.1 Å². The summed E-state index contributed by atoms with van der Waals surface area (Å²) in [4.78, 5) is 0. The molecule has 0 spiro atoms. The molecule has 16 heavy (non-hydrogen) atoms. The monoisotopic (exact) mass is 244 g/mol. The van der Waals surface area contributed by atoms with Crippen molar-refractivity contribution in [1.82, 2.24) is 0 Å². The van der Waals surface area contributed by atoms with Gasteiger partial charge in [-0.1, -0.05) is 11.6 Å². The van der Waals surface area contributed by atoms with Crippen LogP contribution in [0.1, 0.15) is 24.0 Å². The molecular weight excluding hydrogens is 231 g/mol. The fraction of sp³-hybridized carbons (Fsp3) is 0.500. The molecule has 88 valence electrons. The van der Waals surface area contributed by atoms with Gasteiger partial charge in [0.15, 0.2) is 0 Å². The average molecular weight is 245 g/mol. The van der Waals surface area contributed by atoms with E-state index in [0.717, 1.165) is 12.8 Å². The zero-order chi connectivity index (χ0) is 11.8. The van der Waals surface area contributed by atoms with Crippen LogP contribution in [0.15, 0.2) is 12.1 Å². The predicted octanol–water partition coefficient (Wildman–Crippen LogP) is 2.69. The van der Waals surface area contributed by atoms with Gasteiger partial charge in [0.1, 0.15) is 5.82 Å². The lowest BCUT2D eigenvalue weighted by Crippen LogP contribution is -2.13. The molecule has 1 N–H and O–H groups in total. The summed E-state index contributed by atoms with van der Waals surface area (Å²) in [5.41, 5.74) is 0.198. The largest absolute Gasteiger partial charge is 0.390 e. The quantitative estimate of drug-likeness (QED) is 0.883. The molecule has 1 aromatic rings. The van der Waals surface area contributed by atoms with Crippen LogP contribution in [-0.4, -0.2) is 17.8 Å². The summed E-state index contributed by atoms with van der Waals surface area (Å²) in [5, 5.41) is 10.3. The van der Waals surface area contributed by atoms with Gasteiger partial charge in [0.05, 0.1) is 12.2 Å². The lowest BCUT2D eigenvalue weighted by Gasteiger charge is -2.12. The van der Waals surface area contributed by atoms with E-state index in [1.54, 1.807) is 12.1 Å². The number of benzene rings is 1. The second-order valence-electron chi connectivity index (χ2n) is 4.37. The summed E-state index contributed by atoms with van der Waals surface area (Å²) in [6.07, 6.45) is 1.80. The minimum atomic E-state index is -0.712. The minimum absolute atomic E-state index is 0.192. The summed E-state index contributed by atoms with van der Waals surface area (Å²) < 4.78 is 18.9. The van der Waals surface area contributed by atoms with E-state index in [1.165, 1.54) is 7.11 Å². The van der Waals surface area contributed by atoms with E-state index in [0.29, 0.717) is 22.6 Å². The Morgan fingerprint density at radius 3 is 2.62 bits per heavy atom. The van der Waals surface area contributed by atoms with Crippen molar-refractivity contribution >= 4 is 11.6 Å². The molecule has 1 aromatic carbocycles. The first-order chi connectivity index (χ1) is 7.54. The van der Waals surface area contributed by atoms with E-state index >= 15 is 0 Å². The third-order valence-corrected chi connectivity index (χ3v) is 3.05. The highest BCUT2D eigenvalue weighted by atomic mass is 35.5. The Hall–Kier alpha value is -0.640. The molecule has 0 radical (unpaired) electrons. The van der Waals surface area contributed by atoms with E-state index in [4.69, 9.17) is 16.3 Å². The molecule has 1 aliphatic carbocycles. The van der Waals surface area contributed by atoms with Crippen LogP contribution in [0, 0.1) is 5.82 Å². The van der Waals surface area contributed by atoms with Crippen LogP contribution < -0.4 is 0 Å². The SMILES string of the molecule is COCc1cc(Cl)cc(CC2(O)CC2)c1F. The zero-order valence-corrected chi connectivity index (χ0v) is 9.85.